The molecule has 0 aliphatic heterocycles. The fraction of sp³-hybridized carbons (Fsp3) is 0.889. The van der Waals surface area contributed by atoms with Gasteiger partial charge in [-0.05, 0) is 38.5 Å². The van der Waals surface area contributed by atoms with E-state index in [0.29, 0.717) is 12.8 Å². The first-order chi connectivity index (χ1) is 21.9. The van der Waals surface area contributed by atoms with Crippen LogP contribution < -0.4 is 0 Å². The number of esters is 2. The standard InChI is InChI=1S/C36H68O5/c1-3-5-7-9-11-13-15-17-19-20-22-24-26-28-30-35(38)40-33-34(32-37)41-36(39)31-29-27-25-23-21-18-16-14-12-10-8-6-4-2/h14,16,34,37H,3-13,15,17-33H2,1-2H3/b16-14-/t34-/m0/s1/i32D2,33D2,34D. The van der Waals surface area contributed by atoms with Crippen molar-refractivity contribution in [2.75, 3.05) is 13.1 Å². The monoisotopic (exact) mass is 586 g/mol. The molecular formula is C36H68O5. The van der Waals surface area contributed by atoms with E-state index in [1.165, 1.54) is 83.5 Å². The van der Waals surface area contributed by atoms with E-state index in [4.69, 9.17) is 16.3 Å². The molecule has 242 valence electrons. The van der Waals surface area contributed by atoms with Gasteiger partial charge in [0.1, 0.15) is 6.56 Å². The van der Waals surface area contributed by atoms with Crippen LogP contribution in [0.2, 0.25) is 0 Å². The van der Waals surface area contributed by atoms with Crippen LogP contribution in [-0.2, 0) is 19.1 Å². The number of unbranched alkanes of at least 4 members (excludes halogenated alkanes) is 22. The molecule has 0 spiro atoms. The fourth-order valence-corrected chi connectivity index (χ4v) is 4.84. The van der Waals surface area contributed by atoms with E-state index in [1.54, 1.807) is 0 Å². The lowest BCUT2D eigenvalue weighted by molar-refractivity contribution is -0.161. The molecule has 0 rings (SSSR count). The van der Waals surface area contributed by atoms with Crippen molar-refractivity contribution in [2.24, 2.45) is 0 Å². The minimum Gasteiger partial charge on any atom is -0.462 e. The van der Waals surface area contributed by atoms with Gasteiger partial charge in [-0.15, -0.1) is 0 Å². The van der Waals surface area contributed by atoms with Crippen LogP contribution in [0.1, 0.15) is 194 Å². The van der Waals surface area contributed by atoms with Gasteiger partial charge in [0.15, 0.2) is 6.08 Å². The van der Waals surface area contributed by atoms with E-state index < -0.39 is 31.1 Å². The van der Waals surface area contributed by atoms with Gasteiger partial charge in [0.05, 0.1) is 13.4 Å². The molecule has 0 heterocycles. The zero-order valence-corrected chi connectivity index (χ0v) is 26.8. The lowest BCUT2D eigenvalue weighted by Crippen LogP contribution is -2.28. The van der Waals surface area contributed by atoms with Gasteiger partial charge in [-0.3, -0.25) is 9.59 Å². The fourth-order valence-electron chi connectivity index (χ4n) is 4.84. The van der Waals surface area contributed by atoms with E-state index in [0.717, 1.165) is 64.2 Å². The van der Waals surface area contributed by atoms with E-state index in [-0.39, 0.29) is 12.8 Å². The van der Waals surface area contributed by atoms with Gasteiger partial charge < -0.3 is 14.6 Å². The number of hydrogen-bond donors (Lipinski definition) is 1. The summed E-state index contributed by atoms with van der Waals surface area (Å²) in [5.41, 5.74) is 0. The first kappa shape index (κ1) is 31.1. The number of carbonyl (C=O) groups is 2. The van der Waals surface area contributed by atoms with E-state index in [2.05, 4.69) is 26.0 Å². The Labute approximate surface area is 261 Å². The summed E-state index contributed by atoms with van der Waals surface area (Å²) in [4.78, 5) is 24.8. The average Bonchev–Trinajstić information content (AvgIpc) is 2.98. The highest BCUT2D eigenvalue weighted by molar-refractivity contribution is 5.70. The Bertz CT molecular complexity index is 787. The first-order valence-corrected chi connectivity index (χ1v) is 17.2. The van der Waals surface area contributed by atoms with Gasteiger partial charge in [0, 0.05) is 12.8 Å². The van der Waals surface area contributed by atoms with Gasteiger partial charge in [0.25, 0.3) is 0 Å². The molecule has 0 aliphatic rings. The Kier molecular flexibility index (Phi) is 25.1. The third-order valence-electron chi connectivity index (χ3n) is 7.45. The molecule has 0 aromatic carbocycles. The van der Waals surface area contributed by atoms with Gasteiger partial charge in [-0.1, -0.05) is 148 Å². The average molecular weight is 586 g/mol. The molecule has 5 nitrogen and oxygen atoms in total. The number of aliphatic hydroxyl groups is 1. The zero-order chi connectivity index (χ0) is 34.6. The highest BCUT2D eigenvalue weighted by Gasteiger charge is 2.16. The second kappa shape index (κ2) is 33.1. The van der Waals surface area contributed by atoms with Crippen molar-refractivity contribution >= 4 is 11.9 Å². The van der Waals surface area contributed by atoms with Crippen molar-refractivity contribution in [2.45, 2.75) is 193 Å². The number of allylic oxidation sites excluding steroid dienone is 2. The second-order valence-corrected chi connectivity index (χ2v) is 11.5. The maximum absolute atomic E-state index is 12.4. The van der Waals surface area contributed by atoms with Gasteiger partial charge >= 0.3 is 11.9 Å². The molecule has 0 aliphatic carbocycles. The zero-order valence-electron chi connectivity index (χ0n) is 31.8. The van der Waals surface area contributed by atoms with Crippen LogP contribution >= 0.6 is 0 Å². The molecule has 0 unspecified atom stereocenters. The summed E-state index contributed by atoms with van der Waals surface area (Å²) in [6, 6.07) is 0. The van der Waals surface area contributed by atoms with Crippen molar-refractivity contribution in [3.05, 3.63) is 12.2 Å². The van der Waals surface area contributed by atoms with Crippen LogP contribution in [0.5, 0.6) is 0 Å². The van der Waals surface area contributed by atoms with Crippen molar-refractivity contribution in [1.82, 2.24) is 0 Å². The molecule has 0 aromatic heterocycles. The van der Waals surface area contributed by atoms with Crippen LogP contribution in [-0.4, -0.2) is 36.2 Å². The van der Waals surface area contributed by atoms with Crippen LogP contribution in [0.15, 0.2) is 12.2 Å². The van der Waals surface area contributed by atoms with Crippen LogP contribution in [0.25, 0.3) is 0 Å². The SMILES string of the molecule is [2H]C([2H])(O)[C@]([2H])(OC(=O)CCCCCCC/C=C\CCCCCC)C([2H])([2H])OC(=O)CCCCCCCCCCCCCCCC. The highest BCUT2D eigenvalue weighted by Crippen LogP contribution is 2.14. The van der Waals surface area contributed by atoms with Crippen molar-refractivity contribution in [3.63, 3.8) is 0 Å². The first-order valence-electron chi connectivity index (χ1n) is 19.7. The van der Waals surface area contributed by atoms with E-state index in [9.17, 15) is 14.7 Å². The summed E-state index contributed by atoms with van der Waals surface area (Å²) in [5, 5.41) is 9.96. The number of hydrogen-bond acceptors (Lipinski definition) is 5. The lowest BCUT2D eigenvalue weighted by Gasteiger charge is -2.15. The molecule has 0 fully saturated rings. The van der Waals surface area contributed by atoms with Crippen LogP contribution in [0.4, 0.5) is 0 Å². The Balaban J connectivity index is 4.25. The molecule has 0 bridgehead atoms. The Morgan fingerprint density at radius 3 is 1.41 bits per heavy atom. The second-order valence-electron chi connectivity index (χ2n) is 11.5. The Hall–Kier alpha value is -1.36. The molecule has 0 amide bonds. The van der Waals surface area contributed by atoms with Gasteiger partial charge in [-0.2, -0.15) is 0 Å². The molecule has 0 radical (unpaired) electrons. The van der Waals surface area contributed by atoms with Crippen molar-refractivity contribution in [1.29, 1.82) is 0 Å². The molecule has 5 heteroatoms. The van der Waals surface area contributed by atoms with Crippen LogP contribution in [0, 0.1) is 0 Å². The number of ether oxygens (including phenoxy) is 2. The maximum Gasteiger partial charge on any atom is 0.306 e. The predicted molar refractivity (Wildman–Crippen MR) is 173 cm³/mol. The Morgan fingerprint density at radius 2 is 0.976 bits per heavy atom. The van der Waals surface area contributed by atoms with E-state index in [1.807, 2.05) is 0 Å². The summed E-state index contributed by atoms with van der Waals surface area (Å²) in [6.07, 6.45) is 28.2. The molecule has 0 saturated carbocycles. The topological polar surface area (TPSA) is 72.8 Å². The minimum atomic E-state index is -3.61. The third-order valence-corrected chi connectivity index (χ3v) is 7.45. The van der Waals surface area contributed by atoms with E-state index >= 15 is 0 Å². The number of rotatable bonds is 32. The third kappa shape index (κ3) is 31.4. The molecular weight excluding hydrogens is 512 g/mol. The number of carbonyl (C=O) groups excluding carboxylic acids is 2. The highest BCUT2D eigenvalue weighted by atomic mass is 16.6. The minimum absolute atomic E-state index is 0.106. The lowest BCUT2D eigenvalue weighted by atomic mass is 10.0. The smallest absolute Gasteiger partial charge is 0.306 e. The summed E-state index contributed by atoms with van der Waals surface area (Å²) < 4.78 is 49.2. The maximum atomic E-state index is 12.4. The molecule has 0 saturated heterocycles. The summed E-state index contributed by atoms with van der Waals surface area (Å²) in [7, 11) is 0. The quantitative estimate of drug-likeness (QED) is 0.0483. The summed E-state index contributed by atoms with van der Waals surface area (Å²) >= 11 is 0. The van der Waals surface area contributed by atoms with Gasteiger partial charge in [0.2, 0.25) is 0 Å². The molecule has 41 heavy (non-hydrogen) atoms. The van der Waals surface area contributed by atoms with Crippen molar-refractivity contribution < 1.29 is 31.0 Å². The normalized spacial score (nSPS) is 15.4. The summed E-state index contributed by atoms with van der Waals surface area (Å²) in [6.45, 7) is -2.56. The predicted octanol–water partition coefficient (Wildman–Crippen LogP) is 10.6. The van der Waals surface area contributed by atoms with Crippen LogP contribution in [0.3, 0.4) is 0 Å². The Morgan fingerprint density at radius 1 is 0.610 bits per heavy atom. The summed E-state index contributed by atoms with van der Waals surface area (Å²) in [5.74, 6) is -1.99. The van der Waals surface area contributed by atoms with Gasteiger partial charge in [-0.25, -0.2) is 0 Å². The molecule has 1 N–H and O–H groups in total. The molecule has 1 atom stereocenters. The largest absolute Gasteiger partial charge is 0.462 e. The molecule has 0 aromatic rings. The van der Waals surface area contributed by atoms with Crippen molar-refractivity contribution in [3.8, 4) is 0 Å².